The molecule has 0 bridgehead atoms. The van der Waals surface area contributed by atoms with Gasteiger partial charge in [0, 0.05) is 17.6 Å². The smallest absolute Gasteiger partial charge is 0.142 e. The molecule has 1 atom stereocenters. The van der Waals surface area contributed by atoms with Crippen molar-refractivity contribution < 1.29 is 0 Å². The standard InChI is InChI=1S/C16H21N3S/c1-11-12(2)20-16(18-11)15-5-4-13(9-17-15)8-14-6-7-19(3)10-14/h4-5,9,14H,6-8,10H2,1-3H3/t14-/m0/s1. The van der Waals surface area contributed by atoms with Gasteiger partial charge in [-0.2, -0.15) is 0 Å². The largest absolute Gasteiger partial charge is 0.306 e. The van der Waals surface area contributed by atoms with Crippen LogP contribution in [-0.2, 0) is 6.42 Å². The summed E-state index contributed by atoms with van der Waals surface area (Å²) in [6.45, 7) is 6.61. The quantitative estimate of drug-likeness (QED) is 0.867. The second-order valence-electron chi connectivity index (χ2n) is 5.83. The highest BCUT2D eigenvalue weighted by molar-refractivity contribution is 7.15. The zero-order chi connectivity index (χ0) is 14.1. The lowest BCUT2D eigenvalue weighted by Gasteiger charge is -2.10. The molecule has 3 nitrogen and oxygen atoms in total. The van der Waals surface area contributed by atoms with Crippen molar-refractivity contribution in [3.8, 4) is 10.7 Å². The first-order valence-corrected chi connectivity index (χ1v) is 8.01. The number of aromatic nitrogens is 2. The summed E-state index contributed by atoms with van der Waals surface area (Å²) in [5, 5.41) is 1.03. The predicted molar refractivity (Wildman–Crippen MR) is 84.1 cm³/mol. The van der Waals surface area contributed by atoms with Crippen molar-refractivity contribution in [3.05, 3.63) is 34.5 Å². The lowest BCUT2D eigenvalue weighted by atomic mass is 10.00. The van der Waals surface area contributed by atoms with Crippen LogP contribution < -0.4 is 0 Å². The Hall–Kier alpha value is -1.26. The van der Waals surface area contributed by atoms with E-state index in [0.29, 0.717) is 0 Å². The number of aryl methyl sites for hydroxylation is 2. The van der Waals surface area contributed by atoms with Crippen LogP contribution in [0.4, 0.5) is 0 Å². The van der Waals surface area contributed by atoms with Gasteiger partial charge in [-0.25, -0.2) is 4.98 Å². The molecule has 0 unspecified atom stereocenters. The van der Waals surface area contributed by atoms with Gasteiger partial charge in [-0.3, -0.25) is 4.98 Å². The van der Waals surface area contributed by atoms with Gasteiger partial charge < -0.3 is 4.90 Å². The average molecular weight is 287 g/mol. The van der Waals surface area contributed by atoms with E-state index < -0.39 is 0 Å². The predicted octanol–water partition coefficient (Wildman–Crippen LogP) is 3.32. The van der Waals surface area contributed by atoms with E-state index in [4.69, 9.17) is 0 Å². The molecule has 3 rings (SSSR count). The Morgan fingerprint density at radius 3 is 2.75 bits per heavy atom. The minimum atomic E-state index is 0.789. The molecule has 2 aromatic heterocycles. The summed E-state index contributed by atoms with van der Waals surface area (Å²) in [4.78, 5) is 12.9. The molecule has 0 aliphatic carbocycles. The van der Waals surface area contributed by atoms with Crippen molar-refractivity contribution in [2.75, 3.05) is 20.1 Å². The topological polar surface area (TPSA) is 29.0 Å². The zero-order valence-electron chi connectivity index (χ0n) is 12.4. The van der Waals surface area contributed by atoms with Crippen molar-refractivity contribution in [1.82, 2.24) is 14.9 Å². The van der Waals surface area contributed by atoms with Crippen molar-refractivity contribution in [2.24, 2.45) is 5.92 Å². The Bertz CT molecular complexity index is 569. The minimum absolute atomic E-state index is 0.789. The summed E-state index contributed by atoms with van der Waals surface area (Å²) in [5.41, 5.74) is 3.46. The van der Waals surface area contributed by atoms with Crippen LogP contribution in [0.25, 0.3) is 10.7 Å². The maximum absolute atomic E-state index is 4.60. The Morgan fingerprint density at radius 2 is 2.20 bits per heavy atom. The number of nitrogens with zero attached hydrogens (tertiary/aromatic N) is 3. The van der Waals surface area contributed by atoms with Crippen molar-refractivity contribution in [2.45, 2.75) is 26.7 Å². The summed E-state index contributed by atoms with van der Waals surface area (Å²) in [6.07, 6.45) is 4.48. The fourth-order valence-electron chi connectivity index (χ4n) is 2.78. The first kappa shape index (κ1) is 13.7. The molecule has 1 saturated heterocycles. The highest BCUT2D eigenvalue weighted by Gasteiger charge is 2.19. The van der Waals surface area contributed by atoms with Gasteiger partial charge in [-0.05, 0) is 57.8 Å². The molecule has 106 valence electrons. The number of thiazole rings is 1. The third-order valence-corrected chi connectivity index (χ3v) is 5.18. The lowest BCUT2D eigenvalue weighted by molar-refractivity contribution is 0.394. The molecule has 0 saturated carbocycles. The summed E-state index contributed by atoms with van der Waals surface area (Å²) in [5.74, 6) is 0.789. The molecule has 2 aromatic rings. The first-order chi connectivity index (χ1) is 9.61. The summed E-state index contributed by atoms with van der Waals surface area (Å²) < 4.78 is 0. The van der Waals surface area contributed by atoms with Crippen molar-refractivity contribution >= 4 is 11.3 Å². The van der Waals surface area contributed by atoms with E-state index in [9.17, 15) is 0 Å². The molecular formula is C16H21N3S. The van der Waals surface area contributed by atoms with E-state index in [2.05, 4.69) is 47.9 Å². The van der Waals surface area contributed by atoms with Gasteiger partial charge in [0.25, 0.3) is 0 Å². The zero-order valence-corrected chi connectivity index (χ0v) is 13.2. The van der Waals surface area contributed by atoms with Crippen LogP contribution in [0, 0.1) is 19.8 Å². The van der Waals surface area contributed by atoms with Crippen LogP contribution in [0.1, 0.15) is 22.6 Å². The van der Waals surface area contributed by atoms with Crippen LogP contribution in [0.5, 0.6) is 0 Å². The van der Waals surface area contributed by atoms with E-state index in [1.807, 2.05) is 6.20 Å². The monoisotopic (exact) mass is 287 g/mol. The number of pyridine rings is 1. The molecule has 4 heteroatoms. The second kappa shape index (κ2) is 5.62. The molecular weight excluding hydrogens is 266 g/mol. The van der Waals surface area contributed by atoms with Crippen LogP contribution in [0.2, 0.25) is 0 Å². The second-order valence-corrected chi connectivity index (χ2v) is 7.04. The molecule has 20 heavy (non-hydrogen) atoms. The van der Waals surface area contributed by atoms with Gasteiger partial charge in [0.2, 0.25) is 0 Å². The Morgan fingerprint density at radius 1 is 1.35 bits per heavy atom. The van der Waals surface area contributed by atoms with E-state index in [-0.39, 0.29) is 0 Å². The number of likely N-dealkylation sites (tertiary alicyclic amines) is 1. The molecule has 0 radical (unpaired) electrons. The maximum Gasteiger partial charge on any atom is 0.142 e. The van der Waals surface area contributed by atoms with Gasteiger partial charge in [0.1, 0.15) is 5.01 Å². The van der Waals surface area contributed by atoms with Gasteiger partial charge in [0.05, 0.1) is 11.4 Å². The van der Waals surface area contributed by atoms with Crippen molar-refractivity contribution in [3.63, 3.8) is 0 Å². The molecule has 0 amide bonds. The highest BCUT2D eigenvalue weighted by Crippen LogP contribution is 2.26. The van der Waals surface area contributed by atoms with Crippen LogP contribution >= 0.6 is 11.3 Å². The molecule has 0 aromatic carbocycles. The first-order valence-electron chi connectivity index (χ1n) is 7.19. The van der Waals surface area contributed by atoms with E-state index in [1.54, 1.807) is 11.3 Å². The number of hydrogen-bond donors (Lipinski definition) is 0. The van der Waals surface area contributed by atoms with Gasteiger partial charge >= 0.3 is 0 Å². The normalized spacial score (nSPS) is 19.6. The van der Waals surface area contributed by atoms with E-state index >= 15 is 0 Å². The highest BCUT2D eigenvalue weighted by atomic mass is 32.1. The van der Waals surface area contributed by atoms with E-state index in [0.717, 1.165) is 28.7 Å². The minimum Gasteiger partial charge on any atom is -0.306 e. The summed E-state index contributed by atoms with van der Waals surface area (Å²) >= 11 is 1.73. The molecule has 1 fully saturated rings. The summed E-state index contributed by atoms with van der Waals surface area (Å²) in [6, 6.07) is 4.33. The van der Waals surface area contributed by atoms with E-state index in [1.165, 1.54) is 30.0 Å². The fraction of sp³-hybridized carbons (Fsp3) is 0.500. The molecule has 1 aliphatic heterocycles. The van der Waals surface area contributed by atoms with Gasteiger partial charge in [-0.1, -0.05) is 6.07 Å². The van der Waals surface area contributed by atoms with Crippen molar-refractivity contribution in [1.29, 1.82) is 0 Å². The fourth-order valence-corrected chi connectivity index (χ4v) is 3.67. The third-order valence-electron chi connectivity index (χ3n) is 4.09. The molecule has 3 heterocycles. The van der Waals surface area contributed by atoms with Gasteiger partial charge in [-0.15, -0.1) is 11.3 Å². The third kappa shape index (κ3) is 2.91. The van der Waals surface area contributed by atoms with Crippen LogP contribution in [-0.4, -0.2) is 35.0 Å². The molecule has 0 N–H and O–H groups in total. The lowest BCUT2D eigenvalue weighted by Crippen LogP contribution is -2.15. The maximum atomic E-state index is 4.60. The number of hydrogen-bond acceptors (Lipinski definition) is 4. The van der Waals surface area contributed by atoms with Crippen LogP contribution in [0.15, 0.2) is 18.3 Å². The average Bonchev–Trinajstić information content (AvgIpc) is 2.98. The molecule has 0 spiro atoms. The number of rotatable bonds is 3. The van der Waals surface area contributed by atoms with Gasteiger partial charge in [0.15, 0.2) is 0 Å². The Balaban J connectivity index is 1.71. The summed E-state index contributed by atoms with van der Waals surface area (Å²) in [7, 11) is 2.20. The Labute approximate surface area is 124 Å². The Kier molecular flexibility index (Phi) is 3.85. The SMILES string of the molecule is Cc1nc(-c2ccc(C[C@@H]3CCN(C)C3)cn2)sc1C. The molecule has 1 aliphatic rings. The van der Waals surface area contributed by atoms with Crippen LogP contribution in [0.3, 0.4) is 0 Å².